The molecule has 1 rings (SSSR count). The average molecular weight is 218 g/mol. The second kappa shape index (κ2) is 3.43. The zero-order chi connectivity index (χ0) is 10.9. The normalized spacial score (nSPS) is 11.6. The molecule has 0 aliphatic rings. The number of aliphatic carboxylic acids is 1. The molecular formula is C7H10N2O4S. The van der Waals surface area contributed by atoms with Crippen molar-refractivity contribution in [3.63, 3.8) is 0 Å². The van der Waals surface area contributed by atoms with Crippen LogP contribution >= 0.6 is 0 Å². The molecule has 0 aliphatic carbocycles. The number of aryl methyl sites for hydroxylation is 1. The van der Waals surface area contributed by atoms with Gasteiger partial charge in [-0.25, -0.2) is 13.6 Å². The second-order valence-electron chi connectivity index (χ2n) is 2.89. The van der Waals surface area contributed by atoms with E-state index in [1.807, 2.05) is 0 Å². The van der Waals surface area contributed by atoms with E-state index in [0.29, 0.717) is 5.69 Å². The number of carboxylic acid groups (broad SMARTS) is 1. The zero-order valence-electron chi connectivity index (χ0n) is 7.47. The van der Waals surface area contributed by atoms with Gasteiger partial charge < -0.3 is 9.67 Å². The van der Waals surface area contributed by atoms with Gasteiger partial charge in [-0.05, 0) is 6.07 Å². The summed E-state index contributed by atoms with van der Waals surface area (Å²) < 4.78 is 23.2. The Bertz CT molecular complexity index is 460. The molecule has 0 spiro atoms. The minimum absolute atomic E-state index is 0.0729. The van der Waals surface area contributed by atoms with Gasteiger partial charge in [0.15, 0.2) is 0 Å². The van der Waals surface area contributed by atoms with E-state index in [1.54, 1.807) is 7.05 Å². The van der Waals surface area contributed by atoms with Gasteiger partial charge in [0.25, 0.3) is 0 Å². The van der Waals surface area contributed by atoms with Crippen molar-refractivity contribution in [2.75, 3.05) is 0 Å². The molecule has 7 heteroatoms. The predicted molar refractivity (Wildman–Crippen MR) is 48.1 cm³/mol. The summed E-state index contributed by atoms with van der Waals surface area (Å²) in [6.07, 6.45) is 1.06. The average Bonchev–Trinajstić information content (AvgIpc) is 2.30. The third kappa shape index (κ3) is 2.33. The molecule has 0 unspecified atom stereocenters. The molecule has 0 saturated heterocycles. The molecule has 0 fully saturated rings. The monoisotopic (exact) mass is 218 g/mol. The Balaban J connectivity index is 3.12. The van der Waals surface area contributed by atoms with Crippen LogP contribution in [0.2, 0.25) is 0 Å². The first-order valence-corrected chi connectivity index (χ1v) is 5.25. The van der Waals surface area contributed by atoms with Crippen LogP contribution in [0.5, 0.6) is 0 Å². The highest BCUT2D eigenvalue weighted by Crippen LogP contribution is 2.11. The lowest BCUT2D eigenvalue weighted by atomic mass is 10.3. The topological polar surface area (TPSA) is 102 Å². The first-order chi connectivity index (χ1) is 6.30. The van der Waals surface area contributed by atoms with Gasteiger partial charge in [-0.3, -0.25) is 4.79 Å². The summed E-state index contributed by atoms with van der Waals surface area (Å²) in [7, 11) is -2.19. The lowest BCUT2D eigenvalue weighted by molar-refractivity contribution is -0.136. The third-order valence-corrected chi connectivity index (χ3v) is 2.62. The highest BCUT2D eigenvalue weighted by molar-refractivity contribution is 7.89. The zero-order valence-corrected chi connectivity index (χ0v) is 8.28. The molecular weight excluding hydrogens is 208 g/mol. The predicted octanol–water partition coefficient (Wildman–Crippen LogP) is -0.700. The van der Waals surface area contributed by atoms with Gasteiger partial charge in [-0.1, -0.05) is 0 Å². The maximum Gasteiger partial charge on any atom is 0.309 e. The molecule has 0 aromatic carbocycles. The van der Waals surface area contributed by atoms with E-state index in [2.05, 4.69) is 0 Å². The molecule has 0 amide bonds. The van der Waals surface area contributed by atoms with Crippen LogP contribution in [0, 0.1) is 0 Å². The Morgan fingerprint density at radius 1 is 1.64 bits per heavy atom. The van der Waals surface area contributed by atoms with E-state index >= 15 is 0 Å². The van der Waals surface area contributed by atoms with Crippen molar-refractivity contribution in [1.29, 1.82) is 0 Å². The van der Waals surface area contributed by atoms with E-state index in [4.69, 9.17) is 10.2 Å². The SMILES string of the molecule is Cn1cc(S(N)(=O)=O)cc1CC(=O)O. The van der Waals surface area contributed by atoms with E-state index < -0.39 is 16.0 Å². The van der Waals surface area contributed by atoms with Crippen LogP contribution in [0.15, 0.2) is 17.2 Å². The number of aromatic nitrogens is 1. The molecule has 1 aromatic heterocycles. The molecule has 0 atom stereocenters. The van der Waals surface area contributed by atoms with Crippen LogP contribution in [-0.4, -0.2) is 24.1 Å². The number of hydrogen-bond acceptors (Lipinski definition) is 3. The Morgan fingerprint density at radius 3 is 2.57 bits per heavy atom. The molecule has 0 radical (unpaired) electrons. The van der Waals surface area contributed by atoms with Gasteiger partial charge in [0, 0.05) is 18.9 Å². The minimum atomic E-state index is -3.75. The fourth-order valence-corrected chi connectivity index (χ4v) is 1.67. The molecule has 1 aromatic rings. The van der Waals surface area contributed by atoms with Gasteiger partial charge in [-0.15, -0.1) is 0 Å². The quantitative estimate of drug-likeness (QED) is 0.700. The minimum Gasteiger partial charge on any atom is -0.481 e. The van der Waals surface area contributed by atoms with E-state index in [-0.39, 0.29) is 11.3 Å². The third-order valence-electron chi connectivity index (χ3n) is 1.74. The molecule has 14 heavy (non-hydrogen) atoms. The number of sulfonamides is 1. The summed E-state index contributed by atoms with van der Waals surface area (Å²) in [5.74, 6) is -1.02. The van der Waals surface area contributed by atoms with Crippen LogP contribution in [-0.2, 0) is 28.3 Å². The standard InChI is InChI=1S/C7H10N2O4S/c1-9-4-6(14(8,12)13)2-5(9)3-7(10)11/h2,4H,3H2,1H3,(H,10,11)(H2,8,12,13). The van der Waals surface area contributed by atoms with Gasteiger partial charge in [0.1, 0.15) is 0 Å². The van der Waals surface area contributed by atoms with Gasteiger partial charge >= 0.3 is 5.97 Å². The van der Waals surface area contributed by atoms with Crippen molar-refractivity contribution in [2.24, 2.45) is 12.2 Å². The Kier molecular flexibility index (Phi) is 2.63. The highest BCUT2D eigenvalue weighted by Gasteiger charge is 2.13. The summed E-state index contributed by atoms with van der Waals surface area (Å²) >= 11 is 0. The fourth-order valence-electron chi connectivity index (χ4n) is 1.06. The Morgan fingerprint density at radius 2 is 2.21 bits per heavy atom. The summed E-state index contributed by atoms with van der Waals surface area (Å²) in [6.45, 7) is 0. The highest BCUT2D eigenvalue weighted by atomic mass is 32.2. The molecule has 3 N–H and O–H groups in total. The number of nitrogens with zero attached hydrogens (tertiary/aromatic N) is 1. The van der Waals surface area contributed by atoms with Gasteiger partial charge in [-0.2, -0.15) is 0 Å². The molecule has 6 nitrogen and oxygen atoms in total. The Hall–Kier alpha value is -1.34. The van der Waals surface area contributed by atoms with Crippen molar-refractivity contribution in [3.05, 3.63) is 18.0 Å². The first-order valence-electron chi connectivity index (χ1n) is 3.70. The molecule has 0 bridgehead atoms. The lowest BCUT2D eigenvalue weighted by Gasteiger charge is -1.96. The van der Waals surface area contributed by atoms with Gasteiger partial charge in [0.05, 0.1) is 11.3 Å². The fraction of sp³-hybridized carbons (Fsp3) is 0.286. The second-order valence-corrected chi connectivity index (χ2v) is 4.45. The van der Waals surface area contributed by atoms with E-state index in [0.717, 1.165) is 0 Å². The van der Waals surface area contributed by atoms with Crippen molar-refractivity contribution in [1.82, 2.24) is 4.57 Å². The van der Waals surface area contributed by atoms with Crippen molar-refractivity contribution in [3.8, 4) is 0 Å². The molecule has 0 aliphatic heterocycles. The van der Waals surface area contributed by atoms with Crippen molar-refractivity contribution < 1.29 is 18.3 Å². The molecule has 1 heterocycles. The molecule has 0 saturated carbocycles. The van der Waals surface area contributed by atoms with Crippen molar-refractivity contribution in [2.45, 2.75) is 11.3 Å². The smallest absolute Gasteiger partial charge is 0.309 e. The van der Waals surface area contributed by atoms with Crippen LogP contribution in [0.4, 0.5) is 0 Å². The van der Waals surface area contributed by atoms with Crippen LogP contribution in [0.25, 0.3) is 0 Å². The van der Waals surface area contributed by atoms with Crippen LogP contribution in [0.3, 0.4) is 0 Å². The lowest BCUT2D eigenvalue weighted by Crippen LogP contribution is -2.11. The van der Waals surface area contributed by atoms with Crippen LogP contribution < -0.4 is 5.14 Å². The molecule has 78 valence electrons. The summed E-state index contributed by atoms with van der Waals surface area (Å²) in [5, 5.41) is 13.4. The summed E-state index contributed by atoms with van der Waals surface area (Å²) in [6, 6.07) is 1.25. The maximum absolute atomic E-state index is 10.9. The van der Waals surface area contributed by atoms with Crippen molar-refractivity contribution >= 4 is 16.0 Å². The van der Waals surface area contributed by atoms with Gasteiger partial charge in [0.2, 0.25) is 10.0 Å². The number of primary sulfonamides is 1. The number of carboxylic acids is 1. The van der Waals surface area contributed by atoms with E-state index in [1.165, 1.54) is 16.8 Å². The number of hydrogen-bond donors (Lipinski definition) is 2. The van der Waals surface area contributed by atoms with Crippen LogP contribution in [0.1, 0.15) is 5.69 Å². The number of rotatable bonds is 3. The number of nitrogens with two attached hydrogens (primary N) is 1. The summed E-state index contributed by atoms with van der Waals surface area (Å²) in [4.78, 5) is 10.3. The Labute approximate surface area is 81.0 Å². The largest absolute Gasteiger partial charge is 0.481 e. The van der Waals surface area contributed by atoms with E-state index in [9.17, 15) is 13.2 Å². The first kappa shape index (κ1) is 10.7. The summed E-state index contributed by atoms with van der Waals surface area (Å²) in [5.41, 5.74) is 0.390. The maximum atomic E-state index is 10.9. The number of carbonyl (C=O) groups is 1.